The molecule has 5 rings (SSSR count). The van der Waals surface area contributed by atoms with Crippen molar-refractivity contribution < 1.29 is 4.52 Å². The van der Waals surface area contributed by atoms with Gasteiger partial charge >= 0.3 is 151 Å². The van der Waals surface area contributed by atoms with Gasteiger partial charge in [0.15, 0.2) is 0 Å². The summed E-state index contributed by atoms with van der Waals surface area (Å²) in [6.07, 6.45) is 9.36. The van der Waals surface area contributed by atoms with Crippen molar-refractivity contribution in [3.63, 3.8) is 0 Å². The Morgan fingerprint density at radius 2 is 1.48 bits per heavy atom. The van der Waals surface area contributed by atoms with Crippen LogP contribution in [0.15, 0.2) is 61.2 Å². The first-order valence-corrected chi connectivity index (χ1v) is 12.4. The molecule has 1 aliphatic carbocycles. The molecule has 0 bridgehead atoms. The Bertz CT molecular complexity index is 803. The summed E-state index contributed by atoms with van der Waals surface area (Å²) >= 11 is 0. The molecule has 2 heterocycles. The van der Waals surface area contributed by atoms with E-state index in [-0.39, 0.29) is 0 Å². The Hall–Kier alpha value is -1.43. The van der Waals surface area contributed by atoms with Gasteiger partial charge in [0.05, 0.1) is 0 Å². The number of hydrogen-bond acceptors (Lipinski definition) is 1. The molecule has 2 heteroatoms. The van der Waals surface area contributed by atoms with Crippen LogP contribution in [0.3, 0.4) is 0 Å². The molecule has 1 nitrogen and oxygen atoms in total. The van der Waals surface area contributed by atoms with E-state index in [2.05, 4.69) is 67.9 Å². The third-order valence-corrected chi connectivity index (χ3v) is 13.0. The normalized spacial score (nSPS) is 30.5. The molecule has 1 spiro atoms. The molecule has 1 saturated heterocycles. The van der Waals surface area contributed by atoms with Crippen molar-refractivity contribution in [2.75, 3.05) is 6.66 Å². The van der Waals surface area contributed by atoms with Crippen LogP contribution >= 0.6 is 6.83 Å². The van der Waals surface area contributed by atoms with Crippen LogP contribution in [0, 0.1) is 5.92 Å². The molecule has 1 saturated carbocycles. The van der Waals surface area contributed by atoms with Gasteiger partial charge in [-0.3, -0.25) is 0 Å². The van der Waals surface area contributed by atoms with E-state index in [9.17, 15) is 0 Å². The van der Waals surface area contributed by atoms with Crippen molar-refractivity contribution in [2.24, 2.45) is 5.92 Å². The standard InChI is InChI=1S/C23H27OP/c1-3-20-23(17-11-5-4-6-12-17)24-25(20,2)21-15-9-7-13-18(21)19-14-8-10-16-22(19)25/h3,7-10,13-17,20,23H,1,4-6,11-12H2,2H3/t20-,23-/m0/s1. The number of benzene rings is 2. The van der Waals surface area contributed by atoms with Gasteiger partial charge in [0.25, 0.3) is 0 Å². The average Bonchev–Trinajstić information content (AvgIpc) is 2.91. The fourth-order valence-corrected chi connectivity index (χ4v) is 11.9. The summed E-state index contributed by atoms with van der Waals surface area (Å²) in [5, 5.41) is 2.90. The maximum absolute atomic E-state index is 7.13. The van der Waals surface area contributed by atoms with E-state index >= 15 is 0 Å². The summed E-state index contributed by atoms with van der Waals surface area (Å²) in [4.78, 5) is 0. The molecule has 2 fully saturated rings. The second kappa shape index (κ2) is 5.29. The summed E-state index contributed by atoms with van der Waals surface area (Å²) in [5.74, 6) is 0.712. The minimum absolute atomic E-state index is 0.361. The van der Waals surface area contributed by atoms with E-state index in [0.29, 0.717) is 17.7 Å². The van der Waals surface area contributed by atoms with Crippen molar-refractivity contribution in [1.29, 1.82) is 0 Å². The summed E-state index contributed by atoms with van der Waals surface area (Å²) in [6.45, 7) is 4.12. The number of fused-ring (bicyclic) bond motifs is 5. The molecule has 0 radical (unpaired) electrons. The number of hydrogen-bond donors (Lipinski definition) is 0. The van der Waals surface area contributed by atoms with Crippen molar-refractivity contribution in [2.45, 2.75) is 43.9 Å². The second-order valence-corrected chi connectivity index (χ2v) is 13.1. The van der Waals surface area contributed by atoms with E-state index in [4.69, 9.17) is 4.52 Å². The predicted molar refractivity (Wildman–Crippen MR) is 109 cm³/mol. The Balaban J connectivity index is 1.68. The van der Waals surface area contributed by atoms with Crippen molar-refractivity contribution in [3.05, 3.63) is 61.2 Å². The molecule has 3 aliphatic rings. The van der Waals surface area contributed by atoms with Crippen LogP contribution in [0.25, 0.3) is 11.1 Å². The Labute approximate surface area is 151 Å². The van der Waals surface area contributed by atoms with E-state index < -0.39 is 6.83 Å². The zero-order valence-electron chi connectivity index (χ0n) is 15.0. The van der Waals surface area contributed by atoms with Gasteiger partial charge in [-0.25, -0.2) is 0 Å². The molecule has 2 aromatic carbocycles. The summed E-state index contributed by atoms with van der Waals surface area (Å²) < 4.78 is 7.13. The average molecular weight is 350 g/mol. The van der Waals surface area contributed by atoms with E-state index in [1.54, 1.807) is 0 Å². The zero-order chi connectivity index (χ0) is 17.1. The Morgan fingerprint density at radius 1 is 0.920 bits per heavy atom. The molecule has 0 amide bonds. The van der Waals surface area contributed by atoms with Gasteiger partial charge in [0.1, 0.15) is 0 Å². The first-order valence-electron chi connectivity index (χ1n) is 9.70. The van der Waals surface area contributed by atoms with Crippen LogP contribution in [-0.2, 0) is 4.52 Å². The maximum atomic E-state index is 7.13. The van der Waals surface area contributed by atoms with Crippen LogP contribution in [-0.4, -0.2) is 18.4 Å². The molecule has 130 valence electrons. The molecule has 0 N–H and O–H groups in total. The molecule has 0 unspecified atom stereocenters. The zero-order valence-corrected chi connectivity index (χ0v) is 15.9. The van der Waals surface area contributed by atoms with Gasteiger partial charge in [0.2, 0.25) is 0 Å². The molecule has 2 atom stereocenters. The topological polar surface area (TPSA) is 9.23 Å². The third kappa shape index (κ3) is 1.81. The van der Waals surface area contributed by atoms with Crippen molar-refractivity contribution in [1.82, 2.24) is 0 Å². The Morgan fingerprint density at radius 3 is 2.04 bits per heavy atom. The molecule has 0 aromatic heterocycles. The second-order valence-electron chi connectivity index (χ2n) is 8.27. The molecule has 2 aliphatic heterocycles. The summed E-state index contributed by atoms with van der Waals surface area (Å²) in [7, 11) is 0. The van der Waals surface area contributed by atoms with Gasteiger partial charge in [-0.15, -0.1) is 0 Å². The quantitative estimate of drug-likeness (QED) is 0.531. The van der Waals surface area contributed by atoms with Gasteiger partial charge in [-0.2, -0.15) is 0 Å². The third-order valence-electron chi connectivity index (χ3n) is 7.10. The van der Waals surface area contributed by atoms with Gasteiger partial charge in [-0.1, -0.05) is 0 Å². The van der Waals surface area contributed by atoms with Crippen LogP contribution in [0.4, 0.5) is 0 Å². The van der Waals surface area contributed by atoms with Crippen molar-refractivity contribution in [3.8, 4) is 11.1 Å². The Kier molecular flexibility index (Phi) is 3.34. The molecule has 2 aromatic rings. The summed E-state index contributed by atoms with van der Waals surface area (Å²) in [5.41, 5.74) is 3.22. The fourth-order valence-electron chi connectivity index (χ4n) is 5.89. The van der Waals surface area contributed by atoms with Gasteiger partial charge < -0.3 is 0 Å². The summed E-state index contributed by atoms with van der Waals surface area (Å²) in [6, 6.07) is 17.9. The van der Waals surface area contributed by atoms with Gasteiger partial charge in [-0.05, 0) is 0 Å². The first-order chi connectivity index (χ1) is 12.2. The van der Waals surface area contributed by atoms with Crippen molar-refractivity contribution >= 4 is 17.4 Å². The fraction of sp³-hybridized carbons (Fsp3) is 0.391. The van der Waals surface area contributed by atoms with Crippen LogP contribution in [0.1, 0.15) is 32.1 Å². The van der Waals surface area contributed by atoms with Crippen LogP contribution < -0.4 is 10.6 Å². The number of rotatable bonds is 2. The first kappa shape index (κ1) is 15.8. The molecular formula is C23H27OP. The SMILES string of the molecule is C=C[C@H]1[C@H](C2CCCCC2)OP12(C)c1ccccc1-c1ccccc12. The van der Waals surface area contributed by atoms with Crippen LogP contribution in [0.5, 0.6) is 0 Å². The monoisotopic (exact) mass is 350 g/mol. The van der Waals surface area contributed by atoms with E-state index in [1.165, 1.54) is 53.8 Å². The molecular weight excluding hydrogens is 323 g/mol. The van der Waals surface area contributed by atoms with E-state index in [0.717, 1.165) is 0 Å². The van der Waals surface area contributed by atoms with E-state index in [1.807, 2.05) is 0 Å². The minimum atomic E-state index is -2.62. The van der Waals surface area contributed by atoms with Crippen LogP contribution in [0.2, 0.25) is 0 Å². The molecule has 25 heavy (non-hydrogen) atoms. The predicted octanol–water partition coefficient (Wildman–Crippen LogP) is 5.25. The van der Waals surface area contributed by atoms with Gasteiger partial charge in [0, 0.05) is 0 Å².